The van der Waals surface area contributed by atoms with Gasteiger partial charge in [0.2, 0.25) is 5.91 Å². The lowest BCUT2D eigenvalue weighted by molar-refractivity contribution is -0.133. The molecule has 0 bridgehead atoms. The SMILES string of the molecule is Cl.N[C@@H](Cc1ccccc1)C(=O)N1CCC(C(=O)c2c(F)cc(F)cc2F)CC1. The van der Waals surface area contributed by atoms with Crippen LogP contribution in [0.4, 0.5) is 13.2 Å². The molecule has 1 aliphatic rings. The lowest BCUT2D eigenvalue weighted by Crippen LogP contribution is -2.48. The smallest absolute Gasteiger partial charge is 0.239 e. The van der Waals surface area contributed by atoms with Gasteiger partial charge in [-0.1, -0.05) is 30.3 Å². The summed E-state index contributed by atoms with van der Waals surface area (Å²) in [6, 6.07) is 9.71. The zero-order valence-electron chi connectivity index (χ0n) is 15.6. The highest BCUT2D eigenvalue weighted by Crippen LogP contribution is 2.25. The largest absolute Gasteiger partial charge is 0.341 e. The number of benzene rings is 2. The molecular formula is C21H22ClF3N2O2. The Balaban J connectivity index is 0.00000300. The van der Waals surface area contributed by atoms with Crippen molar-refractivity contribution >= 4 is 24.1 Å². The van der Waals surface area contributed by atoms with Crippen LogP contribution in [-0.2, 0) is 11.2 Å². The summed E-state index contributed by atoms with van der Waals surface area (Å²) in [7, 11) is 0. The molecule has 3 rings (SSSR count). The van der Waals surface area contributed by atoms with Gasteiger partial charge in [0.05, 0.1) is 11.6 Å². The Kier molecular flexibility index (Phi) is 7.81. The van der Waals surface area contributed by atoms with Gasteiger partial charge in [-0.2, -0.15) is 0 Å². The number of nitrogens with two attached hydrogens (primary N) is 1. The average Bonchev–Trinajstić information content (AvgIpc) is 2.67. The molecule has 1 heterocycles. The van der Waals surface area contributed by atoms with E-state index < -0.39 is 40.8 Å². The molecule has 4 nitrogen and oxygen atoms in total. The molecule has 1 amide bonds. The number of halogens is 4. The van der Waals surface area contributed by atoms with Gasteiger partial charge in [-0.3, -0.25) is 9.59 Å². The molecule has 1 aliphatic heterocycles. The van der Waals surface area contributed by atoms with E-state index in [1.807, 2.05) is 30.3 Å². The zero-order chi connectivity index (χ0) is 20.3. The number of amides is 1. The molecule has 2 aromatic carbocycles. The van der Waals surface area contributed by atoms with E-state index in [9.17, 15) is 22.8 Å². The van der Waals surface area contributed by atoms with Gasteiger partial charge in [0.1, 0.15) is 17.5 Å². The van der Waals surface area contributed by atoms with Crippen molar-refractivity contribution in [3.63, 3.8) is 0 Å². The molecule has 2 aromatic rings. The number of carbonyl (C=O) groups is 2. The summed E-state index contributed by atoms with van der Waals surface area (Å²) in [4.78, 5) is 26.6. The van der Waals surface area contributed by atoms with E-state index in [1.165, 1.54) is 0 Å². The van der Waals surface area contributed by atoms with E-state index in [0.717, 1.165) is 5.56 Å². The number of hydrogen-bond acceptors (Lipinski definition) is 3. The second-order valence-corrected chi connectivity index (χ2v) is 7.00. The number of nitrogens with zero attached hydrogens (tertiary/aromatic N) is 1. The molecule has 2 N–H and O–H groups in total. The van der Waals surface area contributed by atoms with Gasteiger partial charge in [-0.15, -0.1) is 12.4 Å². The first-order valence-electron chi connectivity index (χ1n) is 9.14. The molecular weight excluding hydrogens is 405 g/mol. The van der Waals surface area contributed by atoms with Crippen molar-refractivity contribution in [2.45, 2.75) is 25.3 Å². The number of Topliss-reactive ketones (excluding diaryl/α,β-unsaturated/α-hetero) is 1. The van der Waals surface area contributed by atoms with Crippen LogP contribution < -0.4 is 5.73 Å². The van der Waals surface area contributed by atoms with Crippen LogP contribution in [0.1, 0.15) is 28.8 Å². The third kappa shape index (κ3) is 5.36. The van der Waals surface area contributed by atoms with Crippen LogP contribution in [0.15, 0.2) is 42.5 Å². The van der Waals surface area contributed by atoms with Crippen LogP contribution in [0.5, 0.6) is 0 Å². The molecule has 1 atom stereocenters. The van der Waals surface area contributed by atoms with Gasteiger partial charge >= 0.3 is 0 Å². The average molecular weight is 427 g/mol. The predicted octanol–water partition coefficient (Wildman–Crippen LogP) is 3.52. The molecule has 0 unspecified atom stereocenters. The van der Waals surface area contributed by atoms with Crippen molar-refractivity contribution in [1.82, 2.24) is 4.90 Å². The summed E-state index contributed by atoms with van der Waals surface area (Å²) in [6.45, 7) is 0.560. The number of ketones is 1. The van der Waals surface area contributed by atoms with Crippen molar-refractivity contribution in [3.8, 4) is 0 Å². The van der Waals surface area contributed by atoms with Gasteiger partial charge in [0, 0.05) is 31.1 Å². The number of carbonyl (C=O) groups excluding carboxylic acids is 2. The maximum Gasteiger partial charge on any atom is 0.239 e. The van der Waals surface area contributed by atoms with Crippen molar-refractivity contribution in [3.05, 3.63) is 71.0 Å². The van der Waals surface area contributed by atoms with Crippen LogP contribution in [0.25, 0.3) is 0 Å². The first-order valence-corrected chi connectivity index (χ1v) is 9.14. The quantitative estimate of drug-likeness (QED) is 0.744. The number of piperidine rings is 1. The Morgan fingerprint density at radius 2 is 1.59 bits per heavy atom. The third-order valence-corrected chi connectivity index (χ3v) is 5.05. The molecule has 0 aromatic heterocycles. The molecule has 8 heteroatoms. The van der Waals surface area contributed by atoms with Crippen LogP contribution in [0.3, 0.4) is 0 Å². The normalized spacial score (nSPS) is 15.5. The van der Waals surface area contributed by atoms with Crippen LogP contribution in [-0.4, -0.2) is 35.7 Å². The fourth-order valence-corrected chi connectivity index (χ4v) is 3.53. The maximum atomic E-state index is 13.9. The van der Waals surface area contributed by atoms with Crippen molar-refractivity contribution in [1.29, 1.82) is 0 Å². The summed E-state index contributed by atoms with van der Waals surface area (Å²) in [6.07, 6.45) is 0.961. The minimum atomic E-state index is -1.20. The van der Waals surface area contributed by atoms with E-state index in [-0.39, 0.29) is 44.2 Å². The third-order valence-electron chi connectivity index (χ3n) is 5.05. The predicted molar refractivity (Wildman–Crippen MR) is 105 cm³/mol. The van der Waals surface area contributed by atoms with Crippen molar-refractivity contribution < 1.29 is 22.8 Å². The number of hydrogen-bond donors (Lipinski definition) is 1. The highest BCUT2D eigenvalue weighted by molar-refractivity contribution is 5.98. The topological polar surface area (TPSA) is 63.4 Å². The highest BCUT2D eigenvalue weighted by Gasteiger charge is 2.32. The van der Waals surface area contributed by atoms with Gasteiger partial charge in [0.15, 0.2) is 5.78 Å². The van der Waals surface area contributed by atoms with Crippen LogP contribution >= 0.6 is 12.4 Å². The Hall–Kier alpha value is -2.38. The van der Waals surface area contributed by atoms with E-state index in [1.54, 1.807) is 4.90 Å². The second kappa shape index (κ2) is 9.89. The molecule has 0 aliphatic carbocycles. The van der Waals surface area contributed by atoms with Gasteiger partial charge in [-0.25, -0.2) is 13.2 Å². The van der Waals surface area contributed by atoms with Gasteiger partial charge < -0.3 is 10.6 Å². The first kappa shape index (κ1) is 22.9. The Bertz CT molecular complexity index is 848. The van der Waals surface area contributed by atoms with Crippen molar-refractivity contribution in [2.24, 2.45) is 11.7 Å². The Morgan fingerprint density at radius 1 is 1.03 bits per heavy atom. The first-order chi connectivity index (χ1) is 13.4. The number of likely N-dealkylation sites (tertiary alicyclic amines) is 1. The molecule has 1 fully saturated rings. The standard InChI is InChI=1S/C21H21F3N2O2.ClH/c22-15-11-16(23)19(17(24)12-15)20(27)14-6-8-26(9-7-14)21(28)18(25)10-13-4-2-1-3-5-13;/h1-5,11-12,14,18H,6-10,25H2;1H/t18-;/m0./s1. The van der Waals surface area contributed by atoms with Crippen LogP contribution in [0, 0.1) is 23.4 Å². The van der Waals surface area contributed by atoms with Crippen molar-refractivity contribution in [2.75, 3.05) is 13.1 Å². The molecule has 29 heavy (non-hydrogen) atoms. The summed E-state index contributed by atoms with van der Waals surface area (Å²) >= 11 is 0. The summed E-state index contributed by atoms with van der Waals surface area (Å²) in [5.41, 5.74) is 6.27. The fraction of sp³-hybridized carbons (Fsp3) is 0.333. The minimum Gasteiger partial charge on any atom is -0.341 e. The summed E-state index contributed by atoms with van der Waals surface area (Å²) in [5.74, 6) is -5.01. The summed E-state index contributed by atoms with van der Waals surface area (Å²) < 4.78 is 40.7. The molecule has 0 saturated carbocycles. The monoisotopic (exact) mass is 426 g/mol. The van der Waals surface area contributed by atoms with E-state index in [2.05, 4.69) is 0 Å². The van der Waals surface area contributed by atoms with E-state index in [0.29, 0.717) is 18.6 Å². The van der Waals surface area contributed by atoms with Gasteiger partial charge in [-0.05, 0) is 24.8 Å². The second-order valence-electron chi connectivity index (χ2n) is 7.00. The fourth-order valence-electron chi connectivity index (χ4n) is 3.53. The zero-order valence-corrected chi connectivity index (χ0v) is 16.4. The van der Waals surface area contributed by atoms with Crippen LogP contribution in [0.2, 0.25) is 0 Å². The van der Waals surface area contributed by atoms with E-state index >= 15 is 0 Å². The van der Waals surface area contributed by atoms with E-state index in [4.69, 9.17) is 5.73 Å². The molecule has 1 saturated heterocycles. The maximum absolute atomic E-state index is 13.9. The molecule has 0 spiro atoms. The lowest BCUT2D eigenvalue weighted by atomic mass is 9.88. The lowest BCUT2D eigenvalue weighted by Gasteiger charge is -2.33. The molecule has 0 radical (unpaired) electrons. The van der Waals surface area contributed by atoms with Gasteiger partial charge in [0.25, 0.3) is 0 Å². The number of rotatable bonds is 5. The molecule has 156 valence electrons. The summed E-state index contributed by atoms with van der Waals surface area (Å²) in [5, 5.41) is 0. The Labute approximate surface area is 173 Å². The minimum absolute atomic E-state index is 0. The highest BCUT2D eigenvalue weighted by atomic mass is 35.5. The Morgan fingerprint density at radius 3 is 2.14 bits per heavy atom.